The molecule has 2 heterocycles. The Labute approximate surface area is 107 Å². The number of hydrogen-bond acceptors (Lipinski definition) is 3. The lowest BCUT2D eigenvalue weighted by Gasteiger charge is -2.44. The van der Waals surface area contributed by atoms with Gasteiger partial charge in [0.2, 0.25) is 0 Å². The third kappa shape index (κ3) is 4.23. The van der Waals surface area contributed by atoms with E-state index in [4.69, 9.17) is 0 Å². The first-order chi connectivity index (χ1) is 8.04. The molecule has 1 atom stereocenters. The van der Waals surface area contributed by atoms with Gasteiger partial charge in [0, 0.05) is 44.3 Å². The van der Waals surface area contributed by atoms with Gasteiger partial charge >= 0.3 is 0 Å². The van der Waals surface area contributed by atoms with Gasteiger partial charge in [-0.05, 0) is 40.2 Å². The Balaban J connectivity index is 1.69. The van der Waals surface area contributed by atoms with Crippen molar-refractivity contribution >= 4 is 0 Å². The number of hydrogen-bond donors (Lipinski definition) is 1. The fourth-order valence-electron chi connectivity index (χ4n) is 3.01. The third-order valence-electron chi connectivity index (χ3n) is 4.00. The second-order valence-electron chi connectivity index (χ2n) is 6.66. The van der Waals surface area contributed by atoms with Gasteiger partial charge in [0.05, 0.1) is 0 Å². The molecule has 100 valence electrons. The van der Waals surface area contributed by atoms with Gasteiger partial charge in [-0.2, -0.15) is 0 Å². The lowest BCUT2D eigenvalue weighted by molar-refractivity contribution is 0.0493. The van der Waals surface area contributed by atoms with Gasteiger partial charge < -0.3 is 5.32 Å². The quantitative estimate of drug-likeness (QED) is 0.806. The zero-order valence-electron chi connectivity index (χ0n) is 11.8. The molecule has 2 aliphatic rings. The number of piperidine rings is 1. The smallest absolute Gasteiger partial charge is 0.0223 e. The molecule has 2 rings (SSSR count). The maximum Gasteiger partial charge on any atom is 0.0223 e. The predicted octanol–water partition coefficient (Wildman–Crippen LogP) is 1.54. The van der Waals surface area contributed by atoms with Gasteiger partial charge in [-0.3, -0.25) is 9.80 Å². The minimum absolute atomic E-state index is 0.257. The molecule has 2 aliphatic heterocycles. The number of nitrogens with one attached hydrogen (secondary N) is 1. The lowest BCUT2D eigenvalue weighted by Crippen LogP contribution is -2.56. The third-order valence-corrected chi connectivity index (χ3v) is 4.00. The molecular weight excluding hydrogens is 210 g/mol. The highest BCUT2D eigenvalue weighted by atomic mass is 15.3. The van der Waals surface area contributed by atoms with E-state index >= 15 is 0 Å². The van der Waals surface area contributed by atoms with E-state index in [1.807, 2.05) is 0 Å². The zero-order valence-corrected chi connectivity index (χ0v) is 11.8. The van der Waals surface area contributed by atoms with Crippen LogP contribution in [0, 0.1) is 0 Å². The monoisotopic (exact) mass is 239 g/mol. The number of rotatable bonds is 3. The molecule has 17 heavy (non-hydrogen) atoms. The van der Waals surface area contributed by atoms with Crippen molar-refractivity contribution in [2.75, 3.05) is 39.3 Å². The average molecular weight is 239 g/mol. The Bertz CT molecular complexity index is 234. The molecule has 0 aromatic rings. The fourth-order valence-corrected chi connectivity index (χ4v) is 3.01. The molecule has 0 aromatic carbocycles. The summed E-state index contributed by atoms with van der Waals surface area (Å²) in [5.41, 5.74) is 0.257. The molecule has 0 saturated carbocycles. The van der Waals surface area contributed by atoms with Crippen LogP contribution < -0.4 is 5.32 Å². The summed E-state index contributed by atoms with van der Waals surface area (Å²) < 4.78 is 0. The first kappa shape index (κ1) is 13.3. The Morgan fingerprint density at radius 1 is 1.12 bits per heavy atom. The fraction of sp³-hybridized carbons (Fsp3) is 1.00. The molecule has 0 amide bonds. The van der Waals surface area contributed by atoms with Crippen LogP contribution in [0.15, 0.2) is 0 Å². The van der Waals surface area contributed by atoms with Gasteiger partial charge in [-0.25, -0.2) is 0 Å². The highest BCUT2D eigenvalue weighted by Gasteiger charge is 2.28. The molecule has 0 spiro atoms. The van der Waals surface area contributed by atoms with E-state index in [-0.39, 0.29) is 5.54 Å². The van der Waals surface area contributed by atoms with Crippen molar-refractivity contribution in [2.24, 2.45) is 0 Å². The molecule has 2 saturated heterocycles. The van der Waals surface area contributed by atoms with E-state index in [1.165, 1.54) is 52.0 Å². The summed E-state index contributed by atoms with van der Waals surface area (Å²) >= 11 is 0. The minimum Gasteiger partial charge on any atom is -0.311 e. The summed E-state index contributed by atoms with van der Waals surface area (Å²) in [7, 11) is 0. The van der Waals surface area contributed by atoms with E-state index in [1.54, 1.807) is 0 Å². The molecule has 2 fully saturated rings. The van der Waals surface area contributed by atoms with Gasteiger partial charge in [0.1, 0.15) is 0 Å². The van der Waals surface area contributed by atoms with Gasteiger partial charge in [0.15, 0.2) is 0 Å². The summed E-state index contributed by atoms with van der Waals surface area (Å²) in [6.07, 6.45) is 4.28. The predicted molar refractivity (Wildman–Crippen MR) is 73.4 cm³/mol. The maximum atomic E-state index is 3.59. The Morgan fingerprint density at radius 3 is 2.71 bits per heavy atom. The van der Waals surface area contributed by atoms with Crippen LogP contribution in [0.2, 0.25) is 0 Å². The first-order valence-corrected chi connectivity index (χ1v) is 7.26. The topological polar surface area (TPSA) is 18.5 Å². The van der Waals surface area contributed by atoms with Crippen LogP contribution in [0.5, 0.6) is 0 Å². The number of piperazine rings is 1. The largest absolute Gasteiger partial charge is 0.311 e. The van der Waals surface area contributed by atoms with Crippen molar-refractivity contribution in [3.05, 3.63) is 0 Å². The van der Waals surface area contributed by atoms with Crippen LogP contribution in [-0.4, -0.2) is 60.6 Å². The van der Waals surface area contributed by atoms with Crippen LogP contribution >= 0.6 is 0 Å². The van der Waals surface area contributed by atoms with Gasteiger partial charge in [-0.15, -0.1) is 0 Å². The average Bonchev–Trinajstić information content (AvgIpc) is 2.27. The van der Waals surface area contributed by atoms with Crippen LogP contribution in [-0.2, 0) is 0 Å². The van der Waals surface area contributed by atoms with E-state index < -0.39 is 0 Å². The molecule has 3 heteroatoms. The molecule has 0 aromatic heterocycles. The molecular formula is C14H29N3. The molecule has 1 unspecified atom stereocenters. The van der Waals surface area contributed by atoms with Gasteiger partial charge in [0.25, 0.3) is 0 Å². The van der Waals surface area contributed by atoms with Crippen molar-refractivity contribution in [1.29, 1.82) is 0 Å². The van der Waals surface area contributed by atoms with Crippen LogP contribution in [0.25, 0.3) is 0 Å². The Hall–Kier alpha value is -0.120. The maximum absolute atomic E-state index is 3.59. The summed E-state index contributed by atoms with van der Waals surface area (Å²) in [6, 6.07) is 0.854. The first-order valence-electron chi connectivity index (χ1n) is 7.26. The van der Waals surface area contributed by atoms with Crippen molar-refractivity contribution in [2.45, 2.75) is 51.6 Å². The van der Waals surface area contributed by atoms with E-state index in [0.717, 1.165) is 12.6 Å². The highest BCUT2D eigenvalue weighted by Crippen LogP contribution is 2.20. The lowest BCUT2D eigenvalue weighted by atomic mass is 9.99. The van der Waals surface area contributed by atoms with Crippen LogP contribution in [0.1, 0.15) is 40.0 Å². The van der Waals surface area contributed by atoms with Crippen LogP contribution in [0.4, 0.5) is 0 Å². The standard InChI is InChI=1S/C14H29N3/c1-14(2,3)15-7-9-16-10-11-17-8-5-4-6-13(17)12-16/h13,15H,4-12H2,1-3H3. The molecule has 3 nitrogen and oxygen atoms in total. The number of fused-ring (bicyclic) bond motifs is 1. The van der Waals surface area contributed by atoms with Gasteiger partial charge in [-0.1, -0.05) is 6.42 Å². The van der Waals surface area contributed by atoms with E-state index in [0.29, 0.717) is 0 Å². The highest BCUT2D eigenvalue weighted by molar-refractivity contribution is 4.85. The molecule has 0 radical (unpaired) electrons. The second-order valence-corrected chi connectivity index (χ2v) is 6.66. The van der Waals surface area contributed by atoms with Crippen molar-refractivity contribution in [3.8, 4) is 0 Å². The summed E-state index contributed by atoms with van der Waals surface area (Å²) in [4.78, 5) is 5.35. The second kappa shape index (κ2) is 5.68. The molecule has 0 aliphatic carbocycles. The minimum atomic E-state index is 0.257. The van der Waals surface area contributed by atoms with Crippen LogP contribution in [0.3, 0.4) is 0 Å². The van der Waals surface area contributed by atoms with Crippen molar-refractivity contribution in [3.63, 3.8) is 0 Å². The van der Waals surface area contributed by atoms with E-state index in [2.05, 4.69) is 35.9 Å². The normalized spacial score (nSPS) is 28.1. The molecule has 1 N–H and O–H groups in total. The number of nitrogens with zero attached hydrogens (tertiary/aromatic N) is 2. The SMILES string of the molecule is CC(C)(C)NCCN1CCN2CCCCC2C1. The van der Waals surface area contributed by atoms with Crippen molar-refractivity contribution < 1.29 is 0 Å². The summed E-state index contributed by atoms with van der Waals surface area (Å²) in [5.74, 6) is 0. The van der Waals surface area contributed by atoms with Crippen molar-refractivity contribution in [1.82, 2.24) is 15.1 Å². The van der Waals surface area contributed by atoms with E-state index in [9.17, 15) is 0 Å². The zero-order chi connectivity index (χ0) is 12.3. The summed E-state index contributed by atoms with van der Waals surface area (Å²) in [5, 5.41) is 3.59. The summed E-state index contributed by atoms with van der Waals surface area (Å²) in [6.45, 7) is 14.3. The Morgan fingerprint density at radius 2 is 1.94 bits per heavy atom. The molecule has 0 bridgehead atoms. The Kier molecular flexibility index (Phi) is 4.45.